The van der Waals surface area contributed by atoms with Crippen molar-refractivity contribution in [2.75, 3.05) is 18.5 Å². The Balaban J connectivity index is 1.50. The van der Waals surface area contributed by atoms with Gasteiger partial charge >= 0.3 is 0 Å². The van der Waals surface area contributed by atoms with Crippen LogP contribution in [0.15, 0.2) is 30.3 Å². The van der Waals surface area contributed by atoms with E-state index in [2.05, 4.69) is 29.1 Å². The average molecular weight is 321 g/mol. The van der Waals surface area contributed by atoms with E-state index in [0.29, 0.717) is 13.2 Å². The number of hydrogen-bond donors (Lipinski definition) is 1. The maximum Gasteiger partial charge on any atom is 0.163 e. The number of pyridine rings is 1. The summed E-state index contributed by atoms with van der Waals surface area (Å²) in [5.74, 6) is 2.43. The fourth-order valence-corrected chi connectivity index (χ4v) is 3.79. The van der Waals surface area contributed by atoms with Crippen molar-refractivity contribution in [1.82, 2.24) is 9.55 Å². The Morgan fingerprint density at radius 1 is 1.04 bits per heavy atom. The van der Waals surface area contributed by atoms with Crippen molar-refractivity contribution in [3.8, 4) is 11.5 Å². The van der Waals surface area contributed by atoms with Crippen LogP contribution in [0.3, 0.4) is 0 Å². The number of fused-ring (bicyclic) bond motifs is 4. The third-order valence-electron chi connectivity index (χ3n) is 4.93. The Hall–Kier alpha value is -2.69. The lowest BCUT2D eigenvalue weighted by Gasteiger charge is -2.19. The van der Waals surface area contributed by atoms with Gasteiger partial charge in [0.25, 0.3) is 0 Å². The highest BCUT2D eigenvalue weighted by atomic mass is 16.6. The van der Waals surface area contributed by atoms with Crippen molar-refractivity contribution in [3.05, 3.63) is 41.6 Å². The van der Waals surface area contributed by atoms with Crippen LogP contribution in [0, 0.1) is 0 Å². The minimum Gasteiger partial charge on any atom is -0.486 e. The van der Waals surface area contributed by atoms with Crippen LogP contribution in [-0.4, -0.2) is 22.8 Å². The van der Waals surface area contributed by atoms with Gasteiger partial charge in [-0.3, -0.25) is 0 Å². The first kappa shape index (κ1) is 13.7. The number of aromatic nitrogens is 2. The zero-order chi connectivity index (χ0) is 16.1. The monoisotopic (exact) mass is 321 g/mol. The van der Waals surface area contributed by atoms with Crippen molar-refractivity contribution in [1.29, 1.82) is 0 Å². The number of nitrogens with zero attached hydrogens (tertiary/aromatic N) is 2. The van der Waals surface area contributed by atoms with Crippen LogP contribution in [0.1, 0.15) is 17.7 Å². The van der Waals surface area contributed by atoms with E-state index in [1.165, 1.54) is 29.5 Å². The van der Waals surface area contributed by atoms with Gasteiger partial charge in [0, 0.05) is 29.9 Å². The fraction of sp³-hybridized carbons (Fsp3) is 0.316. The fourth-order valence-electron chi connectivity index (χ4n) is 3.79. The summed E-state index contributed by atoms with van der Waals surface area (Å²) in [6, 6.07) is 10.1. The van der Waals surface area contributed by atoms with E-state index in [4.69, 9.17) is 14.5 Å². The van der Waals surface area contributed by atoms with Gasteiger partial charge in [-0.2, -0.15) is 0 Å². The topological polar surface area (TPSA) is 48.3 Å². The first-order valence-electron chi connectivity index (χ1n) is 8.43. The second-order valence-corrected chi connectivity index (χ2v) is 6.39. The molecule has 0 saturated carbocycles. The molecule has 0 bridgehead atoms. The third kappa shape index (κ3) is 2.04. The number of nitrogens with one attached hydrogen (secondary N) is 1. The molecule has 1 aliphatic heterocycles. The van der Waals surface area contributed by atoms with Gasteiger partial charge in [0.05, 0.1) is 0 Å². The van der Waals surface area contributed by atoms with E-state index >= 15 is 0 Å². The summed E-state index contributed by atoms with van der Waals surface area (Å²) in [5, 5.41) is 4.67. The van der Waals surface area contributed by atoms with Gasteiger partial charge in [-0.05, 0) is 49.1 Å². The van der Waals surface area contributed by atoms with Crippen LogP contribution in [0.5, 0.6) is 11.5 Å². The first-order chi connectivity index (χ1) is 11.8. The predicted octanol–water partition coefficient (Wildman–Crippen LogP) is 3.58. The average Bonchev–Trinajstić information content (AvgIpc) is 3.19. The zero-order valence-corrected chi connectivity index (χ0v) is 13.6. The molecule has 2 aromatic heterocycles. The number of ether oxygens (including phenoxy) is 2. The van der Waals surface area contributed by atoms with Crippen molar-refractivity contribution in [2.45, 2.75) is 19.3 Å². The van der Waals surface area contributed by atoms with E-state index in [0.717, 1.165) is 35.1 Å². The van der Waals surface area contributed by atoms with Crippen LogP contribution in [0.2, 0.25) is 0 Å². The largest absolute Gasteiger partial charge is 0.486 e. The van der Waals surface area contributed by atoms with Crippen molar-refractivity contribution in [3.63, 3.8) is 0 Å². The number of benzene rings is 1. The highest BCUT2D eigenvalue weighted by molar-refractivity contribution is 5.85. The quantitative estimate of drug-likeness (QED) is 0.784. The van der Waals surface area contributed by atoms with E-state index in [-0.39, 0.29) is 0 Å². The van der Waals surface area contributed by atoms with E-state index < -0.39 is 0 Å². The number of anilines is 2. The minimum absolute atomic E-state index is 0.593. The van der Waals surface area contributed by atoms with E-state index in [1.54, 1.807) is 0 Å². The van der Waals surface area contributed by atoms with E-state index in [1.807, 2.05) is 18.2 Å². The summed E-state index contributed by atoms with van der Waals surface area (Å²) in [6.45, 7) is 1.20. The first-order valence-corrected chi connectivity index (χ1v) is 8.43. The Morgan fingerprint density at radius 2 is 1.92 bits per heavy atom. The lowest BCUT2D eigenvalue weighted by atomic mass is 10.2. The van der Waals surface area contributed by atoms with Crippen LogP contribution >= 0.6 is 0 Å². The molecule has 5 nitrogen and oxygen atoms in total. The van der Waals surface area contributed by atoms with Gasteiger partial charge in [0.1, 0.15) is 24.7 Å². The molecule has 0 atom stereocenters. The van der Waals surface area contributed by atoms with Crippen LogP contribution in [0.25, 0.3) is 11.0 Å². The predicted molar refractivity (Wildman–Crippen MR) is 93.5 cm³/mol. The summed E-state index contributed by atoms with van der Waals surface area (Å²) in [5.41, 5.74) is 4.93. The maximum absolute atomic E-state index is 5.64. The number of aryl methyl sites for hydroxylation is 2. The molecule has 3 aromatic rings. The molecule has 122 valence electrons. The van der Waals surface area contributed by atoms with Crippen molar-refractivity contribution in [2.24, 2.45) is 7.05 Å². The van der Waals surface area contributed by atoms with Crippen LogP contribution < -0.4 is 14.8 Å². The number of rotatable bonds is 2. The Kier molecular flexibility index (Phi) is 2.95. The molecular weight excluding hydrogens is 302 g/mol. The minimum atomic E-state index is 0.593. The molecule has 0 fully saturated rings. The summed E-state index contributed by atoms with van der Waals surface area (Å²) < 4.78 is 13.5. The second kappa shape index (κ2) is 5.16. The molecule has 0 spiro atoms. The second-order valence-electron chi connectivity index (χ2n) is 6.39. The summed E-state index contributed by atoms with van der Waals surface area (Å²) >= 11 is 0. The normalized spacial score (nSPS) is 15.5. The lowest BCUT2D eigenvalue weighted by Crippen LogP contribution is -2.15. The summed E-state index contributed by atoms with van der Waals surface area (Å²) in [4.78, 5) is 4.83. The zero-order valence-electron chi connectivity index (χ0n) is 13.6. The van der Waals surface area contributed by atoms with Gasteiger partial charge in [0.2, 0.25) is 0 Å². The standard InChI is InChI=1S/C19H19N3O2/c1-22-15-4-2-3-13(15)14-6-8-18(21-19(14)22)20-12-5-7-16-17(11-12)24-10-9-23-16/h5-8,11H,2-4,9-10H2,1H3,(H,20,21). The molecule has 1 aliphatic carbocycles. The molecule has 0 saturated heterocycles. The van der Waals surface area contributed by atoms with Crippen molar-refractivity contribution >= 4 is 22.5 Å². The van der Waals surface area contributed by atoms with E-state index in [9.17, 15) is 0 Å². The smallest absolute Gasteiger partial charge is 0.163 e. The molecule has 0 radical (unpaired) electrons. The molecule has 0 unspecified atom stereocenters. The van der Waals surface area contributed by atoms with Gasteiger partial charge in [-0.25, -0.2) is 4.98 Å². The van der Waals surface area contributed by atoms with Crippen LogP contribution in [0.4, 0.5) is 11.5 Å². The molecular formula is C19H19N3O2. The summed E-state index contributed by atoms with van der Waals surface area (Å²) in [7, 11) is 2.12. The van der Waals surface area contributed by atoms with Crippen LogP contribution in [-0.2, 0) is 19.9 Å². The maximum atomic E-state index is 5.64. The Morgan fingerprint density at radius 3 is 2.83 bits per heavy atom. The molecule has 3 heterocycles. The molecule has 1 aromatic carbocycles. The van der Waals surface area contributed by atoms with Crippen molar-refractivity contribution < 1.29 is 9.47 Å². The highest BCUT2D eigenvalue weighted by Crippen LogP contribution is 2.35. The Bertz CT molecular complexity index is 945. The van der Waals surface area contributed by atoms with Gasteiger partial charge in [0.15, 0.2) is 11.5 Å². The van der Waals surface area contributed by atoms with Gasteiger partial charge < -0.3 is 19.4 Å². The Labute approximate surface area is 140 Å². The molecule has 1 N–H and O–H groups in total. The number of hydrogen-bond acceptors (Lipinski definition) is 4. The van der Waals surface area contributed by atoms with Gasteiger partial charge in [-0.15, -0.1) is 0 Å². The molecule has 24 heavy (non-hydrogen) atoms. The third-order valence-corrected chi connectivity index (χ3v) is 4.93. The summed E-state index contributed by atoms with van der Waals surface area (Å²) in [6.07, 6.45) is 3.59. The highest BCUT2D eigenvalue weighted by Gasteiger charge is 2.20. The lowest BCUT2D eigenvalue weighted by molar-refractivity contribution is 0.171. The molecule has 5 rings (SSSR count). The molecule has 0 amide bonds. The molecule has 2 aliphatic rings. The van der Waals surface area contributed by atoms with Gasteiger partial charge in [-0.1, -0.05) is 0 Å². The molecule has 5 heteroatoms. The SMILES string of the molecule is Cn1c2c(c3ccc(Nc4ccc5c(c4)OCCO5)nc31)CCC2.